The van der Waals surface area contributed by atoms with E-state index in [1.807, 2.05) is 32.3 Å². The minimum absolute atomic E-state index is 0.248. The molecule has 0 amide bonds. The van der Waals surface area contributed by atoms with E-state index in [0.717, 1.165) is 50.4 Å². The average Bonchev–Trinajstić information content (AvgIpc) is 3.11. The first-order chi connectivity index (χ1) is 14.6. The normalized spacial score (nSPS) is 11.2. The van der Waals surface area contributed by atoms with Crippen molar-refractivity contribution >= 4 is 11.0 Å². The lowest BCUT2D eigenvalue weighted by Gasteiger charge is -2.06. The first kappa shape index (κ1) is 18.3. The van der Waals surface area contributed by atoms with Crippen LogP contribution in [0.4, 0.5) is 4.39 Å². The summed E-state index contributed by atoms with van der Waals surface area (Å²) in [6, 6.07) is 25.3. The Labute approximate surface area is 174 Å². The molecule has 0 unspecified atom stereocenters. The average molecular weight is 393 g/mol. The Morgan fingerprint density at radius 2 is 1.47 bits per heavy atom. The van der Waals surface area contributed by atoms with Crippen LogP contribution in [-0.2, 0) is 7.05 Å². The fourth-order valence-electron chi connectivity index (χ4n) is 3.87. The monoisotopic (exact) mass is 393 g/mol. The molecule has 146 valence electrons. The maximum absolute atomic E-state index is 13.3. The number of aromatic nitrogens is 3. The van der Waals surface area contributed by atoms with E-state index in [1.54, 1.807) is 12.1 Å². The molecule has 0 N–H and O–H groups in total. The number of rotatable bonds is 3. The van der Waals surface area contributed by atoms with Crippen molar-refractivity contribution < 1.29 is 4.39 Å². The second-order valence-corrected chi connectivity index (χ2v) is 7.44. The minimum Gasteiger partial charge on any atom is -0.327 e. The van der Waals surface area contributed by atoms with Gasteiger partial charge in [0, 0.05) is 30.1 Å². The Balaban J connectivity index is 1.59. The van der Waals surface area contributed by atoms with Gasteiger partial charge in [0.1, 0.15) is 11.6 Å². The summed E-state index contributed by atoms with van der Waals surface area (Å²) in [7, 11) is 1.99. The SMILES string of the molecule is Cc1cc(-c2ccc(-c3cccc4c3nc(-c3ccc(F)cc3)n4C)cc2)ccn1. The Morgan fingerprint density at radius 3 is 2.20 bits per heavy atom. The van der Waals surface area contributed by atoms with Crippen LogP contribution in [-0.4, -0.2) is 14.5 Å². The molecule has 0 radical (unpaired) electrons. The molecule has 30 heavy (non-hydrogen) atoms. The molecule has 4 heteroatoms. The number of nitrogens with zero attached hydrogens (tertiary/aromatic N) is 3. The molecule has 0 fully saturated rings. The van der Waals surface area contributed by atoms with Crippen LogP contribution < -0.4 is 0 Å². The maximum Gasteiger partial charge on any atom is 0.140 e. The van der Waals surface area contributed by atoms with E-state index in [1.165, 1.54) is 12.1 Å². The van der Waals surface area contributed by atoms with E-state index < -0.39 is 0 Å². The summed E-state index contributed by atoms with van der Waals surface area (Å²) in [5, 5.41) is 0. The Morgan fingerprint density at radius 1 is 0.767 bits per heavy atom. The molecule has 5 aromatic rings. The second-order valence-electron chi connectivity index (χ2n) is 7.44. The molecular formula is C26H20FN3. The van der Waals surface area contributed by atoms with Crippen LogP contribution in [0.15, 0.2) is 85.1 Å². The van der Waals surface area contributed by atoms with Gasteiger partial charge in [0.25, 0.3) is 0 Å². The van der Waals surface area contributed by atoms with Gasteiger partial charge in [-0.15, -0.1) is 0 Å². The van der Waals surface area contributed by atoms with Gasteiger partial charge in [-0.1, -0.05) is 36.4 Å². The summed E-state index contributed by atoms with van der Waals surface area (Å²) in [6.45, 7) is 2.00. The molecule has 3 nitrogen and oxygen atoms in total. The highest BCUT2D eigenvalue weighted by Gasteiger charge is 2.14. The maximum atomic E-state index is 13.3. The lowest BCUT2D eigenvalue weighted by Crippen LogP contribution is -1.92. The molecule has 5 rings (SSSR count). The van der Waals surface area contributed by atoms with E-state index in [4.69, 9.17) is 4.98 Å². The van der Waals surface area contributed by atoms with Gasteiger partial charge in [0.05, 0.1) is 11.0 Å². The zero-order chi connectivity index (χ0) is 20.7. The molecule has 0 saturated carbocycles. The predicted octanol–water partition coefficient (Wildman–Crippen LogP) is 6.42. The largest absolute Gasteiger partial charge is 0.327 e. The van der Waals surface area contributed by atoms with Crippen LogP contribution in [0.1, 0.15) is 5.69 Å². The summed E-state index contributed by atoms with van der Waals surface area (Å²) in [4.78, 5) is 9.19. The smallest absolute Gasteiger partial charge is 0.140 e. The third-order valence-corrected chi connectivity index (χ3v) is 5.44. The Bertz CT molecular complexity index is 1350. The number of fused-ring (bicyclic) bond motifs is 1. The Hall–Kier alpha value is -3.79. The number of benzene rings is 3. The first-order valence-electron chi connectivity index (χ1n) is 9.85. The third kappa shape index (κ3) is 3.16. The van der Waals surface area contributed by atoms with Gasteiger partial charge in [-0.2, -0.15) is 0 Å². The topological polar surface area (TPSA) is 30.7 Å². The van der Waals surface area contributed by atoms with E-state index in [0.29, 0.717) is 0 Å². The van der Waals surface area contributed by atoms with Crippen LogP contribution in [0.3, 0.4) is 0 Å². The van der Waals surface area contributed by atoms with Gasteiger partial charge < -0.3 is 4.57 Å². The Kier molecular flexibility index (Phi) is 4.40. The molecule has 0 aliphatic rings. The molecule has 0 saturated heterocycles. The summed E-state index contributed by atoms with van der Waals surface area (Å²) < 4.78 is 15.4. The number of aryl methyl sites for hydroxylation is 2. The van der Waals surface area contributed by atoms with Gasteiger partial charge in [0.15, 0.2) is 0 Å². The van der Waals surface area contributed by atoms with Crippen LogP contribution in [0.2, 0.25) is 0 Å². The van der Waals surface area contributed by atoms with Gasteiger partial charge in [-0.25, -0.2) is 9.37 Å². The van der Waals surface area contributed by atoms with E-state index in [9.17, 15) is 4.39 Å². The molecule has 0 aliphatic carbocycles. The van der Waals surface area contributed by atoms with Gasteiger partial charge in [-0.3, -0.25) is 4.98 Å². The number of imidazole rings is 1. The number of hydrogen-bond acceptors (Lipinski definition) is 2. The number of hydrogen-bond donors (Lipinski definition) is 0. The second kappa shape index (κ2) is 7.23. The summed E-state index contributed by atoms with van der Waals surface area (Å²) >= 11 is 0. The number of halogens is 1. The third-order valence-electron chi connectivity index (χ3n) is 5.44. The standard InChI is InChI=1S/C26H20FN3/c1-17-16-21(14-15-28-17)18-6-8-19(9-7-18)23-4-3-5-24-25(23)29-26(30(24)2)20-10-12-22(27)13-11-20/h3-16H,1-2H3. The highest BCUT2D eigenvalue weighted by molar-refractivity contribution is 5.94. The van der Waals surface area contributed by atoms with Crippen molar-refractivity contribution in [3.05, 3.63) is 96.6 Å². The lowest BCUT2D eigenvalue weighted by atomic mass is 9.99. The fraction of sp³-hybridized carbons (Fsp3) is 0.0769. The molecule has 0 spiro atoms. The van der Waals surface area contributed by atoms with Crippen molar-refractivity contribution in [2.75, 3.05) is 0 Å². The molecule has 0 aliphatic heterocycles. The first-order valence-corrected chi connectivity index (χ1v) is 9.85. The highest BCUT2D eigenvalue weighted by Crippen LogP contribution is 2.32. The molecule has 2 heterocycles. The van der Waals surface area contributed by atoms with Crippen molar-refractivity contribution in [2.24, 2.45) is 7.05 Å². The highest BCUT2D eigenvalue weighted by atomic mass is 19.1. The van der Waals surface area contributed by atoms with Crippen molar-refractivity contribution in [2.45, 2.75) is 6.92 Å². The van der Waals surface area contributed by atoms with Crippen molar-refractivity contribution in [1.29, 1.82) is 0 Å². The zero-order valence-electron chi connectivity index (χ0n) is 16.8. The molecule has 3 aromatic carbocycles. The van der Waals surface area contributed by atoms with Crippen LogP contribution in [0.5, 0.6) is 0 Å². The van der Waals surface area contributed by atoms with E-state index in [2.05, 4.69) is 52.0 Å². The van der Waals surface area contributed by atoms with Gasteiger partial charge in [0.2, 0.25) is 0 Å². The zero-order valence-corrected chi connectivity index (χ0v) is 16.8. The fourth-order valence-corrected chi connectivity index (χ4v) is 3.87. The van der Waals surface area contributed by atoms with Crippen LogP contribution in [0, 0.1) is 12.7 Å². The van der Waals surface area contributed by atoms with Crippen LogP contribution >= 0.6 is 0 Å². The van der Waals surface area contributed by atoms with Crippen LogP contribution in [0.25, 0.3) is 44.7 Å². The lowest BCUT2D eigenvalue weighted by molar-refractivity contribution is 0.628. The quantitative estimate of drug-likeness (QED) is 0.354. The molecular weight excluding hydrogens is 373 g/mol. The van der Waals surface area contributed by atoms with E-state index >= 15 is 0 Å². The molecule has 0 bridgehead atoms. The van der Waals surface area contributed by atoms with Gasteiger partial charge >= 0.3 is 0 Å². The summed E-state index contributed by atoms with van der Waals surface area (Å²) in [6.07, 6.45) is 1.84. The summed E-state index contributed by atoms with van der Waals surface area (Å²) in [5.74, 6) is 0.573. The number of pyridine rings is 1. The predicted molar refractivity (Wildman–Crippen MR) is 120 cm³/mol. The number of para-hydroxylation sites is 1. The van der Waals surface area contributed by atoms with E-state index in [-0.39, 0.29) is 5.82 Å². The van der Waals surface area contributed by atoms with Crippen molar-refractivity contribution in [3.63, 3.8) is 0 Å². The van der Waals surface area contributed by atoms with Crippen molar-refractivity contribution in [3.8, 4) is 33.6 Å². The van der Waals surface area contributed by atoms with Gasteiger partial charge in [-0.05, 0) is 66.1 Å². The summed E-state index contributed by atoms with van der Waals surface area (Å²) in [5.41, 5.74) is 8.38. The molecule has 0 atom stereocenters. The molecule has 2 aromatic heterocycles. The van der Waals surface area contributed by atoms with Crippen molar-refractivity contribution in [1.82, 2.24) is 14.5 Å². The minimum atomic E-state index is -0.248.